The van der Waals surface area contributed by atoms with Crippen molar-refractivity contribution in [3.8, 4) is 0 Å². The van der Waals surface area contributed by atoms with E-state index < -0.39 is 44.8 Å². The zero-order valence-electron chi connectivity index (χ0n) is 17.7. The van der Waals surface area contributed by atoms with Crippen LogP contribution in [0, 0.1) is 33.4 Å². The quantitative estimate of drug-likeness (QED) is 0.209. The number of rotatable bonds is 4. The lowest BCUT2D eigenvalue weighted by molar-refractivity contribution is -0.384. The van der Waals surface area contributed by atoms with E-state index in [-0.39, 0.29) is 37.4 Å². The third-order valence-corrected chi connectivity index (χ3v) is 6.17. The van der Waals surface area contributed by atoms with Crippen molar-refractivity contribution in [1.29, 1.82) is 0 Å². The maximum atomic E-state index is 14.3. The lowest BCUT2D eigenvalue weighted by Crippen LogP contribution is -2.49. The van der Waals surface area contributed by atoms with Gasteiger partial charge in [-0.1, -0.05) is 11.6 Å². The van der Waals surface area contributed by atoms with Gasteiger partial charge in [-0.05, 0) is 6.07 Å². The van der Waals surface area contributed by atoms with Crippen molar-refractivity contribution in [1.82, 2.24) is 4.90 Å². The predicted molar refractivity (Wildman–Crippen MR) is 116 cm³/mol. The fourth-order valence-electron chi connectivity index (χ4n) is 4.06. The lowest BCUT2D eigenvalue weighted by atomic mass is 10.1. The molecule has 4 rings (SSSR count). The number of morpholine rings is 1. The zero-order chi connectivity index (χ0) is 24.6. The minimum Gasteiger partial charge on any atom is -0.378 e. The Hall–Kier alpha value is -3.12. The Morgan fingerprint density at radius 2 is 1.50 bits per heavy atom. The maximum absolute atomic E-state index is 14.3. The molecule has 2 aromatic rings. The zero-order valence-corrected chi connectivity index (χ0v) is 18.5. The number of non-ortho nitro benzene ring substituents is 1. The van der Waals surface area contributed by atoms with E-state index >= 15 is 0 Å². The van der Waals surface area contributed by atoms with E-state index in [4.69, 9.17) is 16.3 Å². The molecule has 0 unspecified atom stereocenters. The average molecular weight is 503 g/mol. The Morgan fingerprint density at radius 3 is 2.06 bits per heavy atom. The van der Waals surface area contributed by atoms with Gasteiger partial charge in [0.05, 0.1) is 29.4 Å². The number of amides is 1. The smallest absolute Gasteiger partial charge is 0.270 e. The van der Waals surface area contributed by atoms with Crippen molar-refractivity contribution in [2.45, 2.75) is 0 Å². The Bertz CT molecular complexity index is 1110. The number of ether oxygens (including phenoxy) is 1. The molecule has 8 nitrogen and oxygen atoms in total. The Labute approximate surface area is 196 Å². The normalized spacial score (nSPS) is 16.7. The highest BCUT2D eigenvalue weighted by molar-refractivity contribution is 6.31. The number of carbonyl (C=O) groups excluding carboxylic acids is 1. The third kappa shape index (κ3) is 4.34. The summed E-state index contributed by atoms with van der Waals surface area (Å²) in [4.78, 5) is 28.3. The second-order valence-electron chi connectivity index (χ2n) is 7.76. The minimum absolute atomic E-state index is 0.0329. The number of hydrogen-bond acceptors (Lipinski definition) is 6. The first-order chi connectivity index (χ1) is 16.2. The first-order valence-electron chi connectivity index (χ1n) is 10.4. The highest BCUT2D eigenvalue weighted by atomic mass is 35.5. The topological polar surface area (TPSA) is 79.2 Å². The summed E-state index contributed by atoms with van der Waals surface area (Å²) in [6, 6.07) is 4.02. The molecule has 0 bridgehead atoms. The van der Waals surface area contributed by atoms with Crippen LogP contribution < -0.4 is 9.80 Å². The lowest BCUT2D eigenvalue weighted by Gasteiger charge is -2.37. The molecular formula is C21H19ClF4N4O4. The van der Waals surface area contributed by atoms with Gasteiger partial charge in [-0.3, -0.25) is 14.9 Å². The molecule has 0 aliphatic carbocycles. The second-order valence-corrected chi connectivity index (χ2v) is 8.13. The van der Waals surface area contributed by atoms with E-state index in [0.717, 1.165) is 4.90 Å². The number of piperazine rings is 1. The number of benzene rings is 2. The van der Waals surface area contributed by atoms with E-state index in [2.05, 4.69) is 0 Å². The monoisotopic (exact) mass is 502 g/mol. The summed E-state index contributed by atoms with van der Waals surface area (Å²) in [7, 11) is 0. The van der Waals surface area contributed by atoms with Crippen LogP contribution in [0.3, 0.4) is 0 Å². The first kappa shape index (κ1) is 24.0. The predicted octanol–water partition coefficient (Wildman–Crippen LogP) is 3.60. The summed E-state index contributed by atoms with van der Waals surface area (Å²) in [6.07, 6.45) is 0. The molecule has 0 radical (unpaired) electrons. The van der Waals surface area contributed by atoms with Gasteiger partial charge in [0.2, 0.25) is 0 Å². The molecule has 2 aromatic carbocycles. The Kier molecular flexibility index (Phi) is 6.80. The molecule has 2 heterocycles. The van der Waals surface area contributed by atoms with Crippen LogP contribution in [0.2, 0.25) is 5.02 Å². The Balaban J connectivity index is 1.57. The molecule has 0 spiro atoms. The summed E-state index contributed by atoms with van der Waals surface area (Å²) in [5.41, 5.74) is -0.517. The Morgan fingerprint density at radius 1 is 0.912 bits per heavy atom. The first-order valence-corrected chi connectivity index (χ1v) is 10.7. The molecule has 2 aliphatic rings. The minimum atomic E-state index is -1.69. The van der Waals surface area contributed by atoms with Gasteiger partial charge in [-0.25, -0.2) is 17.6 Å². The van der Waals surface area contributed by atoms with E-state index in [1.165, 1.54) is 23.1 Å². The van der Waals surface area contributed by atoms with Crippen molar-refractivity contribution >= 4 is 34.6 Å². The van der Waals surface area contributed by atoms with Crippen molar-refractivity contribution in [3.63, 3.8) is 0 Å². The average Bonchev–Trinajstić information content (AvgIpc) is 2.86. The SMILES string of the molecule is O=C(c1cc([N+](=O)[O-])ccc1N1CCOCC1)N1CCN(c2c(F)c(F)c(Cl)c(F)c2F)CC1. The van der Waals surface area contributed by atoms with Gasteiger partial charge in [0.25, 0.3) is 11.6 Å². The van der Waals surface area contributed by atoms with Crippen LogP contribution in [0.1, 0.15) is 10.4 Å². The molecule has 13 heteroatoms. The van der Waals surface area contributed by atoms with Crippen LogP contribution in [0.4, 0.5) is 34.6 Å². The highest BCUT2D eigenvalue weighted by Gasteiger charge is 2.32. The molecule has 182 valence electrons. The molecule has 2 saturated heterocycles. The van der Waals surface area contributed by atoms with Crippen molar-refractivity contribution in [3.05, 3.63) is 62.2 Å². The number of carbonyl (C=O) groups is 1. The maximum Gasteiger partial charge on any atom is 0.270 e. The van der Waals surface area contributed by atoms with Crippen LogP contribution in [0.5, 0.6) is 0 Å². The van der Waals surface area contributed by atoms with Crippen molar-refractivity contribution < 1.29 is 32.0 Å². The molecule has 0 atom stereocenters. The summed E-state index contributed by atoms with van der Waals surface area (Å²) in [5, 5.41) is 10.0. The molecule has 0 N–H and O–H groups in total. The number of hydrogen-bond donors (Lipinski definition) is 0. The van der Waals surface area contributed by atoms with Gasteiger partial charge in [0.1, 0.15) is 10.7 Å². The number of nitrogens with zero attached hydrogens (tertiary/aromatic N) is 4. The summed E-state index contributed by atoms with van der Waals surface area (Å²) >= 11 is 5.28. The standard InChI is InChI=1S/C21H19ClF4N4O4/c22-15-16(23)18(25)20(19(26)17(15)24)28-3-5-29(6-4-28)21(31)13-11-12(30(32)33)1-2-14(13)27-7-9-34-10-8-27/h1-2,11H,3-10H2. The van der Waals surface area contributed by atoms with E-state index in [1.54, 1.807) is 0 Å². The van der Waals surface area contributed by atoms with Crippen LogP contribution >= 0.6 is 11.6 Å². The molecule has 34 heavy (non-hydrogen) atoms. The molecule has 1 amide bonds. The van der Waals surface area contributed by atoms with Gasteiger partial charge in [0.15, 0.2) is 23.3 Å². The van der Waals surface area contributed by atoms with Gasteiger partial charge in [0, 0.05) is 51.4 Å². The molecule has 2 fully saturated rings. The van der Waals surface area contributed by atoms with E-state index in [1.807, 2.05) is 4.90 Å². The number of nitro groups is 1. The van der Waals surface area contributed by atoms with Gasteiger partial charge >= 0.3 is 0 Å². The third-order valence-electron chi connectivity index (χ3n) is 5.84. The van der Waals surface area contributed by atoms with Crippen LogP contribution in [-0.4, -0.2) is 68.2 Å². The van der Waals surface area contributed by atoms with Crippen LogP contribution in [0.15, 0.2) is 18.2 Å². The molecule has 0 saturated carbocycles. The van der Waals surface area contributed by atoms with Crippen LogP contribution in [0.25, 0.3) is 0 Å². The summed E-state index contributed by atoms with van der Waals surface area (Å²) in [5.74, 6) is -7.12. The fourth-order valence-corrected chi connectivity index (χ4v) is 4.23. The largest absolute Gasteiger partial charge is 0.378 e. The van der Waals surface area contributed by atoms with Gasteiger partial charge in [-0.2, -0.15) is 0 Å². The second kappa shape index (κ2) is 9.63. The number of nitro benzene ring substituents is 1. The van der Waals surface area contributed by atoms with E-state index in [0.29, 0.717) is 32.0 Å². The van der Waals surface area contributed by atoms with Crippen molar-refractivity contribution in [2.24, 2.45) is 0 Å². The number of halogens is 5. The summed E-state index contributed by atoms with van der Waals surface area (Å²) < 4.78 is 61.7. The summed E-state index contributed by atoms with van der Waals surface area (Å²) in [6.45, 7) is 1.56. The number of anilines is 2. The van der Waals surface area contributed by atoms with Crippen molar-refractivity contribution in [2.75, 3.05) is 62.3 Å². The van der Waals surface area contributed by atoms with E-state index in [9.17, 15) is 32.5 Å². The molecule has 2 aliphatic heterocycles. The molecule has 0 aromatic heterocycles. The van der Waals surface area contributed by atoms with Crippen LogP contribution in [-0.2, 0) is 4.74 Å². The van der Waals surface area contributed by atoms with Gasteiger partial charge < -0.3 is 19.4 Å². The fraction of sp³-hybridized carbons (Fsp3) is 0.381. The van der Waals surface area contributed by atoms with Gasteiger partial charge in [-0.15, -0.1) is 0 Å². The molecular weight excluding hydrogens is 484 g/mol. The highest BCUT2D eigenvalue weighted by Crippen LogP contribution is 2.34.